The van der Waals surface area contributed by atoms with Gasteiger partial charge in [0.2, 0.25) is 5.91 Å². The number of fused-ring (bicyclic) bond motifs is 1. The van der Waals surface area contributed by atoms with Crippen LogP contribution in [-0.2, 0) is 17.6 Å². The number of aromatic amines is 1. The summed E-state index contributed by atoms with van der Waals surface area (Å²) in [6.07, 6.45) is 2.69. The van der Waals surface area contributed by atoms with Gasteiger partial charge in [0.25, 0.3) is 0 Å². The quantitative estimate of drug-likeness (QED) is 0.733. The summed E-state index contributed by atoms with van der Waals surface area (Å²) in [5, 5.41) is 4.31. The van der Waals surface area contributed by atoms with Gasteiger partial charge in [0, 0.05) is 28.7 Å². The lowest BCUT2D eigenvalue weighted by molar-refractivity contribution is -0.120. The number of nitrogens with one attached hydrogen (secondary N) is 2. The Bertz CT molecular complexity index is 844. The zero-order valence-corrected chi connectivity index (χ0v) is 13.2. The molecule has 3 aromatic rings. The van der Waals surface area contributed by atoms with Gasteiger partial charge in [-0.05, 0) is 47.9 Å². The number of rotatable bonds is 5. The smallest absolute Gasteiger partial charge is 0.224 e. The summed E-state index contributed by atoms with van der Waals surface area (Å²) in [5.74, 6) is -0.392. The molecule has 0 aliphatic carbocycles. The Morgan fingerprint density at radius 1 is 1.22 bits per heavy atom. The molecule has 118 valence electrons. The van der Waals surface area contributed by atoms with Crippen LogP contribution >= 0.6 is 11.6 Å². The molecule has 0 aliphatic rings. The highest BCUT2D eigenvalue weighted by Crippen LogP contribution is 2.19. The summed E-state index contributed by atoms with van der Waals surface area (Å²) < 4.78 is 13.3. The van der Waals surface area contributed by atoms with Crippen molar-refractivity contribution in [1.29, 1.82) is 0 Å². The van der Waals surface area contributed by atoms with E-state index in [-0.39, 0.29) is 18.1 Å². The Morgan fingerprint density at radius 3 is 2.91 bits per heavy atom. The second-order valence-electron chi connectivity index (χ2n) is 5.41. The largest absolute Gasteiger partial charge is 0.361 e. The van der Waals surface area contributed by atoms with Gasteiger partial charge in [0.15, 0.2) is 0 Å². The van der Waals surface area contributed by atoms with Crippen molar-refractivity contribution in [3.05, 3.63) is 70.6 Å². The third kappa shape index (κ3) is 3.90. The fraction of sp³-hybridized carbons (Fsp3) is 0.167. The van der Waals surface area contributed by atoms with E-state index < -0.39 is 0 Å². The van der Waals surface area contributed by atoms with Gasteiger partial charge in [0.05, 0.1) is 6.42 Å². The standard InChI is InChI=1S/C18H16ClFN2O/c19-14-3-1-2-12(8-14)6-7-21-18(23)9-13-11-22-17-5-4-15(20)10-16(13)17/h1-5,8,10-11,22H,6-7,9H2,(H,21,23). The van der Waals surface area contributed by atoms with Crippen LogP contribution in [0, 0.1) is 5.82 Å². The molecule has 0 aliphatic heterocycles. The summed E-state index contributed by atoms with van der Waals surface area (Å²) in [5.41, 5.74) is 2.69. The molecular formula is C18H16ClFN2O. The minimum Gasteiger partial charge on any atom is -0.361 e. The van der Waals surface area contributed by atoms with Crippen LogP contribution in [-0.4, -0.2) is 17.4 Å². The van der Waals surface area contributed by atoms with E-state index in [1.807, 2.05) is 24.3 Å². The molecular weight excluding hydrogens is 315 g/mol. The summed E-state index contributed by atoms with van der Waals surface area (Å²) >= 11 is 5.93. The second-order valence-corrected chi connectivity index (χ2v) is 5.85. The fourth-order valence-corrected chi connectivity index (χ4v) is 2.78. The van der Waals surface area contributed by atoms with Crippen molar-refractivity contribution < 1.29 is 9.18 Å². The van der Waals surface area contributed by atoms with Crippen molar-refractivity contribution >= 4 is 28.4 Å². The van der Waals surface area contributed by atoms with Gasteiger partial charge < -0.3 is 10.3 Å². The average Bonchev–Trinajstić information content (AvgIpc) is 2.90. The third-order valence-corrected chi connectivity index (χ3v) is 3.94. The lowest BCUT2D eigenvalue weighted by atomic mass is 10.1. The predicted molar refractivity (Wildman–Crippen MR) is 90.1 cm³/mol. The number of H-pyrrole nitrogens is 1. The minimum atomic E-state index is -0.306. The molecule has 23 heavy (non-hydrogen) atoms. The van der Waals surface area contributed by atoms with Crippen LogP contribution in [0.2, 0.25) is 5.02 Å². The van der Waals surface area contributed by atoms with E-state index in [9.17, 15) is 9.18 Å². The first kappa shape index (κ1) is 15.6. The van der Waals surface area contributed by atoms with Crippen LogP contribution in [0.5, 0.6) is 0 Å². The highest BCUT2D eigenvalue weighted by molar-refractivity contribution is 6.30. The van der Waals surface area contributed by atoms with Gasteiger partial charge in [-0.2, -0.15) is 0 Å². The Labute approximate surface area is 138 Å². The second kappa shape index (κ2) is 6.84. The van der Waals surface area contributed by atoms with E-state index in [4.69, 9.17) is 11.6 Å². The van der Waals surface area contributed by atoms with E-state index in [0.29, 0.717) is 11.6 Å². The molecule has 2 N–H and O–H groups in total. The van der Waals surface area contributed by atoms with E-state index in [1.54, 1.807) is 12.3 Å². The predicted octanol–water partition coefficient (Wildman–Crippen LogP) is 3.86. The van der Waals surface area contributed by atoms with Gasteiger partial charge in [-0.15, -0.1) is 0 Å². The molecule has 0 saturated heterocycles. The number of aromatic nitrogens is 1. The van der Waals surface area contributed by atoms with Crippen molar-refractivity contribution in [2.75, 3.05) is 6.54 Å². The number of halogens is 2. The number of carbonyl (C=O) groups excluding carboxylic acids is 1. The Morgan fingerprint density at radius 2 is 2.09 bits per heavy atom. The first-order valence-electron chi connectivity index (χ1n) is 7.38. The zero-order valence-electron chi connectivity index (χ0n) is 12.4. The van der Waals surface area contributed by atoms with Crippen LogP contribution < -0.4 is 5.32 Å². The van der Waals surface area contributed by atoms with Crippen molar-refractivity contribution in [3.63, 3.8) is 0 Å². The lowest BCUT2D eigenvalue weighted by Crippen LogP contribution is -2.27. The fourth-order valence-electron chi connectivity index (χ4n) is 2.57. The maximum Gasteiger partial charge on any atom is 0.224 e. The molecule has 0 unspecified atom stereocenters. The van der Waals surface area contributed by atoms with Gasteiger partial charge in [-0.3, -0.25) is 4.79 Å². The Kier molecular flexibility index (Phi) is 4.63. The van der Waals surface area contributed by atoms with Crippen LogP contribution in [0.3, 0.4) is 0 Å². The SMILES string of the molecule is O=C(Cc1c[nH]c2ccc(F)cc12)NCCc1cccc(Cl)c1. The molecule has 5 heteroatoms. The molecule has 0 spiro atoms. The maximum absolute atomic E-state index is 13.3. The molecule has 0 saturated carbocycles. The molecule has 1 heterocycles. The summed E-state index contributed by atoms with van der Waals surface area (Å²) in [6, 6.07) is 12.1. The van der Waals surface area contributed by atoms with Crippen molar-refractivity contribution in [2.24, 2.45) is 0 Å². The molecule has 0 fully saturated rings. The monoisotopic (exact) mass is 330 g/mol. The van der Waals surface area contributed by atoms with Crippen molar-refractivity contribution in [3.8, 4) is 0 Å². The molecule has 2 aromatic carbocycles. The van der Waals surface area contributed by atoms with Gasteiger partial charge in [-0.1, -0.05) is 23.7 Å². The van der Waals surface area contributed by atoms with Crippen molar-refractivity contribution in [2.45, 2.75) is 12.8 Å². The molecule has 0 bridgehead atoms. The molecule has 1 aromatic heterocycles. The number of hydrogen-bond donors (Lipinski definition) is 2. The van der Waals surface area contributed by atoms with Crippen LogP contribution in [0.4, 0.5) is 4.39 Å². The average molecular weight is 331 g/mol. The first-order chi connectivity index (χ1) is 11.1. The summed E-state index contributed by atoms with van der Waals surface area (Å²) in [6.45, 7) is 0.538. The third-order valence-electron chi connectivity index (χ3n) is 3.71. The van der Waals surface area contributed by atoms with Crippen molar-refractivity contribution in [1.82, 2.24) is 10.3 Å². The normalized spacial score (nSPS) is 10.9. The Balaban J connectivity index is 1.57. The molecule has 3 nitrogen and oxygen atoms in total. The van der Waals surface area contributed by atoms with Gasteiger partial charge in [-0.25, -0.2) is 4.39 Å². The van der Waals surface area contributed by atoms with Crippen LogP contribution in [0.15, 0.2) is 48.7 Å². The number of amides is 1. The molecule has 3 rings (SSSR count). The van der Waals surface area contributed by atoms with E-state index >= 15 is 0 Å². The van der Waals surface area contributed by atoms with E-state index in [1.165, 1.54) is 12.1 Å². The topological polar surface area (TPSA) is 44.9 Å². The number of hydrogen-bond acceptors (Lipinski definition) is 1. The lowest BCUT2D eigenvalue weighted by Gasteiger charge is -2.05. The van der Waals surface area contributed by atoms with Crippen LogP contribution in [0.25, 0.3) is 10.9 Å². The maximum atomic E-state index is 13.3. The molecule has 0 atom stereocenters. The number of carbonyl (C=O) groups is 1. The Hall–Kier alpha value is -2.33. The van der Waals surface area contributed by atoms with E-state index in [2.05, 4.69) is 10.3 Å². The highest BCUT2D eigenvalue weighted by atomic mass is 35.5. The zero-order chi connectivity index (χ0) is 16.2. The first-order valence-corrected chi connectivity index (χ1v) is 7.76. The summed E-state index contributed by atoms with van der Waals surface area (Å²) in [4.78, 5) is 15.1. The minimum absolute atomic E-state index is 0.0859. The number of benzene rings is 2. The van der Waals surface area contributed by atoms with Crippen LogP contribution in [0.1, 0.15) is 11.1 Å². The molecule has 1 amide bonds. The summed E-state index contributed by atoms with van der Waals surface area (Å²) in [7, 11) is 0. The van der Waals surface area contributed by atoms with Gasteiger partial charge >= 0.3 is 0 Å². The molecule has 0 radical (unpaired) electrons. The highest BCUT2D eigenvalue weighted by Gasteiger charge is 2.09. The van der Waals surface area contributed by atoms with Gasteiger partial charge in [0.1, 0.15) is 5.82 Å². The van der Waals surface area contributed by atoms with E-state index in [0.717, 1.165) is 28.5 Å².